The summed E-state index contributed by atoms with van der Waals surface area (Å²) in [4.78, 5) is 25.2. The molecular weight excluding hydrogens is 420 g/mol. The summed E-state index contributed by atoms with van der Waals surface area (Å²) < 4.78 is 25.4. The lowest BCUT2D eigenvalue weighted by Crippen LogP contribution is -2.29. The highest BCUT2D eigenvalue weighted by Crippen LogP contribution is 2.38. The molecule has 6 nitrogen and oxygen atoms in total. The number of hydrogen-bond donors (Lipinski definition) is 2. The molecule has 0 spiro atoms. The molecule has 160 valence electrons. The number of nitrogens with one attached hydrogen (secondary N) is 2. The molecule has 2 amide bonds. The number of sulfone groups is 1. The first-order chi connectivity index (χ1) is 14.3. The minimum absolute atomic E-state index is 0.111. The van der Waals surface area contributed by atoms with E-state index < -0.39 is 9.84 Å². The molecule has 1 aliphatic heterocycles. The zero-order chi connectivity index (χ0) is 21.7. The van der Waals surface area contributed by atoms with E-state index in [1.165, 1.54) is 17.8 Å². The molecule has 0 radical (unpaired) electrons. The van der Waals surface area contributed by atoms with Crippen LogP contribution in [0.15, 0.2) is 58.3 Å². The Morgan fingerprint density at radius 3 is 2.63 bits per heavy atom. The molecular formula is C22H26N2O4S2. The van der Waals surface area contributed by atoms with Crippen molar-refractivity contribution in [3.8, 4) is 0 Å². The second-order valence-electron chi connectivity index (χ2n) is 7.35. The van der Waals surface area contributed by atoms with Crippen LogP contribution in [0.25, 0.3) is 0 Å². The van der Waals surface area contributed by atoms with Crippen LogP contribution in [-0.2, 0) is 19.4 Å². The number of anilines is 1. The molecule has 30 heavy (non-hydrogen) atoms. The van der Waals surface area contributed by atoms with Crippen molar-refractivity contribution in [1.82, 2.24) is 5.32 Å². The summed E-state index contributed by atoms with van der Waals surface area (Å²) in [6.07, 6.45) is 0.591. The maximum absolute atomic E-state index is 12.7. The summed E-state index contributed by atoms with van der Waals surface area (Å²) >= 11 is 1.44. The maximum atomic E-state index is 12.7. The van der Waals surface area contributed by atoms with Crippen molar-refractivity contribution >= 4 is 39.1 Å². The van der Waals surface area contributed by atoms with Crippen molar-refractivity contribution in [2.45, 2.75) is 47.6 Å². The van der Waals surface area contributed by atoms with Gasteiger partial charge in [-0.1, -0.05) is 44.2 Å². The van der Waals surface area contributed by atoms with Gasteiger partial charge in [0, 0.05) is 17.9 Å². The van der Waals surface area contributed by atoms with E-state index in [2.05, 4.69) is 10.6 Å². The quantitative estimate of drug-likeness (QED) is 0.646. The summed E-state index contributed by atoms with van der Waals surface area (Å²) in [5.74, 6) is -0.554. The molecule has 0 aliphatic carbocycles. The van der Waals surface area contributed by atoms with Crippen LogP contribution >= 0.6 is 11.8 Å². The van der Waals surface area contributed by atoms with Gasteiger partial charge in [0.25, 0.3) is 0 Å². The van der Waals surface area contributed by atoms with Crippen molar-refractivity contribution in [1.29, 1.82) is 0 Å². The highest BCUT2D eigenvalue weighted by molar-refractivity contribution is 8.01. The SMILES string of the molecule is CCC1Sc2ccc(S(=O)(=O)CCC(=O)NCC(C)c3ccccc3)cc2NC1=O. The number of amides is 2. The number of hydrogen-bond acceptors (Lipinski definition) is 5. The summed E-state index contributed by atoms with van der Waals surface area (Å²) in [6, 6.07) is 14.6. The van der Waals surface area contributed by atoms with E-state index in [9.17, 15) is 18.0 Å². The average Bonchev–Trinajstić information content (AvgIpc) is 2.75. The van der Waals surface area contributed by atoms with Crippen LogP contribution in [-0.4, -0.2) is 37.8 Å². The van der Waals surface area contributed by atoms with E-state index >= 15 is 0 Å². The van der Waals surface area contributed by atoms with Crippen molar-refractivity contribution in [3.63, 3.8) is 0 Å². The van der Waals surface area contributed by atoms with Crippen LogP contribution in [0.2, 0.25) is 0 Å². The van der Waals surface area contributed by atoms with Crippen LogP contribution < -0.4 is 10.6 Å². The number of rotatable bonds is 8. The number of fused-ring (bicyclic) bond motifs is 1. The molecule has 3 rings (SSSR count). The van der Waals surface area contributed by atoms with Gasteiger partial charge in [-0.15, -0.1) is 11.8 Å². The van der Waals surface area contributed by atoms with Gasteiger partial charge in [-0.25, -0.2) is 8.42 Å². The highest BCUT2D eigenvalue weighted by atomic mass is 32.2. The predicted octanol–water partition coefficient (Wildman–Crippen LogP) is 3.59. The van der Waals surface area contributed by atoms with Gasteiger partial charge >= 0.3 is 0 Å². The largest absolute Gasteiger partial charge is 0.355 e. The molecule has 0 aromatic heterocycles. The Kier molecular flexibility index (Phi) is 7.20. The average molecular weight is 447 g/mol. The molecule has 0 saturated heterocycles. The fourth-order valence-corrected chi connectivity index (χ4v) is 5.48. The van der Waals surface area contributed by atoms with E-state index in [0.717, 1.165) is 10.5 Å². The third kappa shape index (κ3) is 5.43. The highest BCUT2D eigenvalue weighted by Gasteiger charge is 2.27. The molecule has 0 fully saturated rings. The van der Waals surface area contributed by atoms with Gasteiger partial charge < -0.3 is 10.6 Å². The first-order valence-corrected chi connectivity index (χ1v) is 12.5. The third-order valence-corrected chi connectivity index (χ3v) is 8.23. The standard InChI is InChI=1S/C22H26N2O4S2/c1-3-19-22(26)24-18-13-17(9-10-20(18)29-19)30(27,28)12-11-21(25)23-14-15(2)16-7-5-4-6-8-16/h4-10,13,15,19H,3,11-12,14H2,1-2H3,(H,23,25)(H,24,26). The first-order valence-electron chi connectivity index (χ1n) is 9.96. The lowest BCUT2D eigenvalue weighted by atomic mass is 10.0. The molecule has 0 saturated carbocycles. The molecule has 2 N–H and O–H groups in total. The van der Waals surface area contributed by atoms with Crippen LogP contribution in [0.3, 0.4) is 0 Å². The molecule has 1 aliphatic rings. The number of benzene rings is 2. The van der Waals surface area contributed by atoms with E-state index in [4.69, 9.17) is 0 Å². The van der Waals surface area contributed by atoms with Gasteiger partial charge in [-0.2, -0.15) is 0 Å². The predicted molar refractivity (Wildman–Crippen MR) is 120 cm³/mol. The molecule has 2 aromatic carbocycles. The number of thioether (sulfide) groups is 1. The summed E-state index contributed by atoms with van der Waals surface area (Å²) in [7, 11) is -3.64. The molecule has 1 heterocycles. The molecule has 2 atom stereocenters. The normalized spacial score (nSPS) is 17.0. The zero-order valence-electron chi connectivity index (χ0n) is 17.1. The summed E-state index contributed by atoms with van der Waals surface area (Å²) in [6.45, 7) is 4.39. The molecule has 0 bridgehead atoms. The Balaban J connectivity index is 1.57. The van der Waals surface area contributed by atoms with Gasteiger partial charge in [0.1, 0.15) is 0 Å². The fourth-order valence-electron chi connectivity index (χ4n) is 3.19. The number of carbonyl (C=O) groups is 2. The van der Waals surface area contributed by atoms with E-state index in [0.29, 0.717) is 18.7 Å². The Morgan fingerprint density at radius 1 is 1.20 bits per heavy atom. The van der Waals surface area contributed by atoms with Gasteiger partial charge in [0.05, 0.1) is 21.6 Å². The lowest BCUT2D eigenvalue weighted by Gasteiger charge is -2.23. The van der Waals surface area contributed by atoms with E-state index in [-0.39, 0.29) is 40.1 Å². The van der Waals surface area contributed by atoms with Crippen molar-refractivity contribution in [3.05, 3.63) is 54.1 Å². The Bertz CT molecular complexity index is 1020. The van der Waals surface area contributed by atoms with Gasteiger partial charge in [0.15, 0.2) is 9.84 Å². The molecule has 2 unspecified atom stereocenters. The zero-order valence-corrected chi connectivity index (χ0v) is 18.7. The lowest BCUT2D eigenvalue weighted by molar-refractivity contribution is -0.120. The first kappa shape index (κ1) is 22.4. The van der Waals surface area contributed by atoms with Gasteiger partial charge in [-0.05, 0) is 36.1 Å². The summed E-state index contributed by atoms with van der Waals surface area (Å²) in [5, 5.41) is 5.43. The molecule has 2 aromatic rings. The number of carbonyl (C=O) groups excluding carboxylic acids is 2. The van der Waals surface area contributed by atoms with Crippen LogP contribution in [0.4, 0.5) is 5.69 Å². The van der Waals surface area contributed by atoms with Crippen LogP contribution in [0.1, 0.15) is 38.2 Å². The minimum Gasteiger partial charge on any atom is -0.355 e. The van der Waals surface area contributed by atoms with Crippen molar-refractivity contribution in [2.75, 3.05) is 17.6 Å². The van der Waals surface area contributed by atoms with E-state index in [1.807, 2.05) is 44.2 Å². The summed E-state index contributed by atoms with van der Waals surface area (Å²) in [5.41, 5.74) is 1.63. The van der Waals surface area contributed by atoms with Gasteiger partial charge in [-0.3, -0.25) is 9.59 Å². The Labute approximate surface area is 181 Å². The smallest absolute Gasteiger partial charge is 0.237 e. The topological polar surface area (TPSA) is 92.3 Å². The van der Waals surface area contributed by atoms with E-state index in [1.54, 1.807) is 12.1 Å². The van der Waals surface area contributed by atoms with Crippen LogP contribution in [0, 0.1) is 0 Å². The molecule has 8 heteroatoms. The minimum atomic E-state index is -3.64. The Morgan fingerprint density at radius 2 is 1.93 bits per heavy atom. The maximum Gasteiger partial charge on any atom is 0.237 e. The van der Waals surface area contributed by atoms with Crippen molar-refractivity contribution < 1.29 is 18.0 Å². The van der Waals surface area contributed by atoms with Gasteiger partial charge in [0.2, 0.25) is 11.8 Å². The van der Waals surface area contributed by atoms with Crippen LogP contribution in [0.5, 0.6) is 0 Å². The monoisotopic (exact) mass is 446 g/mol. The second-order valence-corrected chi connectivity index (χ2v) is 10.7. The second kappa shape index (κ2) is 9.66. The van der Waals surface area contributed by atoms with Crippen molar-refractivity contribution in [2.24, 2.45) is 0 Å². The fraction of sp³-hybridized carbons (Fsp3) is 0.364. The Hall–Kier alpha value is -2.32. The third-order valence-electron chi connectivity index (χ3n) is 5.07.